The molecule has 0 radical (unpaired) electrons. The van der Waals surface area contributed by atoms with Gasteiger partial charge >= 0.3 is 5.97 Å². The maximum absolute atomic E-state index is 11.0. The second-order valence-corrected chi connectivity index (χ2v) is 3.96. The molecule has 1 aromatic heterocycles. The first-order valence-corrected chi connectivity index (χ1v) is 5.47. The van der Waals surface area contributed by atoms with Crippen LogP contribution < -0.4 is 0 Å². The average Bonchev–Trinajstić information content (AvgIpc) is 2.77. The van der Waals surface area contributed by atoms with Crippen LogP contribution in [-0.2, 0) is 11.3 Å². The summed E-state index contributed by atoms with van der Waals surface area (Å²) < 4.78 is 1.73. The van der Waals surface area contributed by atoms with Gasteiger partial charge in [0.2, 0.25) is 0 Å². The number of carboxylic acid groups (broad SMARTS) is 1. The second-order valence-electron chi connectivity index (χ2n) is 3.96. The minimum atomic E-state index is -0.834. The molecule has 17 heavy (non-hydrogen) atoms. The van der Waals surface area contributed by atoms with Gasteiger partial charge in [-0.2, -0.15) is 5.10 Å². The van der Waals surface area contributed by atoms with Crippen molar-refractivity contribution in [3.05, 3.63) is 53.9 Å². The predicted molar refractivity (Wildman–Crippen MR) is 63.8 cm³/mol. The van der Waals surface area contributed by atoms with E-state index < -0.39 is 11.9 Å². The smallest absolute Gasteiger partial charge is 0.312 e. The van der Waals surface area contributed by atoms with Crippen LogP contribution in [0.3, 0.4) is 0 Å². The maximum Gasteiger partial charge on any atom is 0.312 e. The quantitative estimate of drug-likeness (QED) is 0.875. The molecule has 0 amide bonds. The highest BCUT2D eigenvalue weighted by Gasteiger charge is 2.17. The van der Waals surface area contributed by atoms with E-state index in [9.17, 15) is 4.79 Å². The van der Waals surface area contributed by atoms with Gasteiger partial charge in [0, 0.05) is 6.20 Å². The first kappa shape index (κ1) is 11.4. The molecule has 1 unspecified atom stereocenters. The minimum absolute atomic E-state index is 0.541. The molecule has 0 spiro atoms. The van der Waals surface area contributed by atoms with E-state index in [2.05, 4.69) is 5.10 Å². The van der Waals surface area contributed by atoms with Gasteiger partial charge < -0.3 is 5.11 Å². The van der Waals surface area contributed by atoms with Crippen molar-refractivity contribution in [2.75, 3.05) is 0 Å². The molecule has 4 heteroatoms. The summed E-state index contributed by atoms with van der Waals surface area (Å²) in [5.41, 5.74) is 1.83. The van der Waals surface area contributed by atoms with Crippen LogP contribution in [-0.4, -0.2) is 20.9 Å². The van der Waals surface area contributed by atoms with Gasteiger partial charge in [0.1, 0.15) is 0 Å². The van der Waals surface area contributed by atoms with E-state index >= 15 is 0 Å². The summed E-state index contributed by atoms with van der Waals surface area (Å²) in [6, 6.07) is 11.6. The molecule has 0 aliphatic carbocycles. The van der Waals surface area contributed by atoms with Crippen LogP contribution >= 0.6 is 0 Å². The largest absolute Gasteiger partial charge is 0.481 e. The molecular formula is C13H14N2O2. The number of nitrogens with zero attached hydrogens (tertiary/aromatic N) is 2. The Kier molecular flexibility index (Phi) is 3.23. The van der Waals surface area contributed by atoms with E-state index in [-0.39, 0.29) is 0 Å². The number of carboxylic acids is 1. The SMILES string of the molecule is CC(C(=O)O)c1ccnn1Cc1ccccc1. The van der Waals surface area contributed by atoms with E-state index in [1.807, 2.05) is 30.3 Å². The zero-order valence-corrected chi connectivity index (χ0v) is 9.58. The summed E-state index contributed by atoms with van der Waals surface area (Å²) in [4.78, 5) is 11.0. The van der Waals surface area contributed by atoms with Crippen molar-refractivity contribution in [3.8, 4) is 0 Å². The molecular weight excluding hydrogens is 216 g/mol. The van der Waals surface area contributed by atoms with Gasteiger partial charge in [0.25, 0.3) is 0 Å². The zero-order valence-electron chi connectivity index (χ0n) is 9.58. The summed E-state index contributed by atoms with van der Waals surface area (Å²) in [5.74, 6) is -1.37. The molecule has 2 aromatic rings. The molecule has 1 atom stereocenters. The minimum Gasteiger partial charge on any atom is -0.481 e. The van der Waals surface area contributed by atoms with Crippen molar-refractivity contribution in [2.45, 2.75) is 19.4 Å². The van der Waals surface area contributed by atoms with Crippen LogP contribution in [0.15, 0.2) is 42.6 Å². The number of hydrogen-bond acceptors (Lipinski definition) is 2. The van der Waals surface area contributed by atoms with Gasteiger partial charge in [0.15, 0.2) is 0 Å². The Morgan fingerprint density at radius 1 is 1.35 bits per heavy atom. The highest BCUT2D eigenvalue weighted by molar-refractivity contribution is 5.74. The summed E-state index contributed by atoms with van der Waals surface area (Å²) in [6.45, 7) is 2.27. The molecule has 0 aliphatic heterocycles. The second kappa shape index (κ2) is 4.82. The summed E-state index contributed by atoms with van der Waals surface area (Å²) >= 11 is 0. The molecule has 0 saturated carbocycles. The average molecular weight is 230 g/mol. The van der Waals surface area contributed by atoms with Crippen LogP contribution in [0, 0.1) is 0 Å². The van der Waals surface area contributed by atoms with Gasteiger partial charge in [-0.25, -0.2) is 0 Å². The van der Waals surface area contributed by atoms with Crippen LogP contribution in [0.25, 0.3) is 0 Å². The van der Waals surface area contributed by atoms with Gasteiger partial charge in [0.05, 0.1) is 18.2 Å². The highest BCUT2D eigenvalue weighted by atomic mass is 16.4. The molecule has 0 aliphatic rings. The fraction of sp³-hybridized carbons (Fsp3) is 0.231. The lowest BCUT2D eigenvalue weighted by Crippen LogP contribution is -2.14. The van der Waals surface area contributed by atoms with Crippen molar-refractivity contribution in [1.82, 2.24) is 9.78 Å². The molecule has 0 fully saturated rings. The number of aliphatic carboxylic acids is 1. The number of benzene rings is 1. The van der Waals surface area contributed by atoms with E-state index in [0.717, 1.165) is 11.3 Å². The fourth-order valence-corrected chi connectivity index (χ4v) is 1.73. The molecule has 88 valence electrons. The lowest BCUT2D eigenvalue weighted by Gasteiger charge is -2.10. The fourth-order valence-electron chi connectivity index (χ4n) is 1.73. The van der Waals surface area contributed by atoms with Crippen LogP contribution in [0.4, 0.5) is 0 Å². The summed E-state index contributed by atoms with van der Waals surface area (Å²) in [5, 5.41) is 13.2. The van der Waals surface area contributed by atoms with Crippen molar-refractivity contribution >= 4 is 5.97 Å². The lowest BCUT2D eigenvalue weighted by molar-refractivity contribution is -0.138. The molecule has 1 heterocycles. The normalized spacial score (nSPS) is 12.3. The van der Waals surface area contributed by atoms with Gasteiger partial charge in [-0.15, -0.1) is 0 Å². The Morgan fingerprint density at radius 2 is 2.06 bits per heavy atom. The van der Waals surface area contributed by atoms with E-state index in [1.165, 1.54) is 0 Å². The molecule has 0 bridgehead atoms. The predicted octanol–water partition coefficient (Wildman–Crippen LogP) is 2.12. The number of hydrogen-bond donors (Lipinski definition) is 1. The Balaban J connectivity index is 2.23. The van der Waals surface area contributed by atoms with Crippen LogP contribution in [0.5, 0.6) is 0 Å². The van der Waals surface area contributed by atoms with E-state index in [0.29, 0.717) is 6.54 Å². The molecule has 4 nitrogen and oxygen atoms in total. The molecule has 1 aromatic carbocycles. The summed E-state index contributed by atoms with van der Waals surface area (Å²) in [7, 11) is 0. The first-order chi connectivity index (χ1) is 8.18. The third-order valence-corrected chi connectivity index (χ3v) is 2.74. The molecule has 1 N–H and O–H groups in total. The van der Waals surface area contributed by atoms with Crippen molar-refractivity contribution in [1.29, 1.82) is 0 Å². The Morgan fingerprint density at radius 3 is 2.71 bits per heavy atom. The van der Waals surface area contributed by atoms with E-state index in [1.54, 1.807) is 23.9 Å². The van der Waals surface area contributed by atoms with Crippen molar-refractivity contribution in [3.63, 3.8) is 0 Å². The maximum atomic E-state index is 11.0. The molecule has 2 rings (SSSR count). The molecule has 0 saturated heterocycles. The van der Waals surface area contributed by atoms with Crippen LogP contribution in [0.1, 0.15) is 24.1 Å². The summed E-state index contributed by atoms with van der Waals surface area (Å²) in [6.07, 6.45) is 1.64. The Labute approximate surface area is 99.5 Å². The van der Waals surface area contributed by atoms with Gasteiger partial charge in [-0.1, -0.05) is 30.3 Å². The number of aromatic nitrogens is 2. The Hall–Kier alpha value is -2.10. The standard InChI is InChI=1S/C13H14N2O2/c1-10(13(16)17)12-7-8-14-15(12)9-11-5-3-2-4-6-11/h2-8,10H,9H2,1H3,(H,16,17). The monoisotopic (exact) mass is 230 g/mol. The number of rotatable bonds is 4. The first-order valence-electron chi connectivity index (χ1n) is 5.47. The third-order valence-electron chi connectivity index (χ3n) is 2.74. The lowest BCUT2D eigenvalue weighted by atomic mass is 10.1. The van der Waals surface area contributed by atoms with Gasteiger partial charge in [-0.3, -0.25) is 9.48 Å². The topological polar surface area (TPSA) is 55.1 Å². The van der Waals surface area contributed by atoms with Crippen molar-refractivity contribution in [2.24, 2.45) is 0 Å². The van der Waals surface area contributed by atoms with E-state index in [4.69, 9.17) is 5.11 Å². The van der Waals surface area contributed by atoms with Crippen molar-refractivity contribution < 1.29 is 9.90 Å². The highest BCUT2D eigenvalue weighted by Crippen LogP contribution is 2.16. The Bertz CT molecular complexity index is 505. The zero-order chi connectivity index (χ0) is 12.3. The number of carbonyl (C=O) groups is 1. The van der Waals surface area contributed by atoms with Gasteiger partial charge in [-0.05, 0) is 18.6 Å². The third kappa shape index (κ3) is 2.53. The van der Waals surface area contributed by atoms with Crippen LogP contribution in [0.2, 0.25) is 0 Å².